The normalized spacial score (nSPS) is 12.9. The first-order valence-electron chi connectivity index (χ1n) is 6.50. The van der Waals surface area contributed by atoms with E-state index in [9.17, 15) is 0 Å². The number of nitrogens with zero attached hydrogens (tertiary/aromatic N) is 1. The number of halogens is 1. The third-order valence-electron chi connectivity index (χ3n) is 3.20. The molecule has 0 amide bonds. The fraction of sp³-hybridized carbons (Fsp3) is 0.267. The first-order chi connectivity index (χ1) is 9.74. The van der Waals surface area contributed by atoms with Gasteiger partial charge in [-0.3, -0.25) is 0 Å². The van der Waals surface area contributed by atoms with E-state index in [0.29, 0.717) is 11.8 Å². The lowest BCUT2D eigenvalue weighted by molar-refractivity contribution is 0.0527. The summed E-state index contributed by atoms with van der Waals surface area (Å²) in [6.45, 7) is 2.44. The molecule has 5 heteroatoms. The molecule has 0 aliphatic heterocycles. The van der Waals surface area contributed by atoms with Gasteiger partial charge in [0.15, 0.2) is 5.22 Å². The molecule has 0 saturated heterocycles. The van der Waals surface area contributed by atoms with E-state index in [2.05, 4.69) is 9.97 Å². The summed E-state index contributed by atoms with van der Waals surface area (Å²) in [7, 11) is 0. The van der Waals surface area contributed by atoms with Crippen LogP contribution in [0.1, 0.15) is 18.3 Å². The summed E-state index contributed by atoms with van der Waals surface area (Å²) < 4.78 is 11.3. The van der Waals surface area contributed by atoms with Crippen LogP contribution < -0.4 is 0 Å². The number of rotatable bonds is 5. The Morgan fingerprint density at radius 3 is 3.05 bits per heavy atom. The molecule has 1 aromatic carbocycles. The van der Waals surface area contributed by atoms with Gasteiger partial charge in [0, 0.05) is 29.8 Å². The molecule has 20 heavy (non-hydrogen) atoms. The quantitative estimate of drug-likeness (QED) is 0.774. The summed E-state index contributed by atoms with van der Waals surface area (Å²) in [5.74, 6) is 0.917. The number of furan rings is 1. The van der Waals surface area contributed by atoms with Crippen molar-refractivity contribution in [2.75, 3.05) is 0 Å². The first-order valence-corrected chi connectivity index (χ1v) is 6.87. The van der Waals surface area contributed by atoms with E-state index in [-0.39, 0.29) is 6.10 Å². The molecular formula is C15H15ClN2O2. The average molecular weight is 291 g/mol. The molecule has 104 valence electrons. The topological polar surface area (TPSA) is 51.0 Å². The van der Waals surface area contributed by atoms with Crippen LogP contribution in [-0.2, 0) is 17.8 Å². The van der Waals surface area contributed by atoms with Crippen LogP contribution in [-0.4, -0.2) is 16.1 Å². The van der Waals surface area contributed by atoms with Crippen LogP contribution >= 0.6 is 11.6 Å². The summed E-state index contributed by atoms with van der Waals surface area (Å²) in [5, 5.41) is 1.40. The van der Waals surface area contributed by atoms with Crippen LogP contribution in [0.2, 0.25) is 5.22 Å². The molecule has 0 fully saturated rings. The minimum atomic E-state index is 0.0471. The lowest BCUT2D eigenvalue weighted by Crippen LogP contribution is -2.12. The molecule has 0 aliphatic carbocycles. The van der Waals surface area contributed by atoms with Crippen molar-refractivity contribution in [3.8, 4) is 0 Å². The van der Waals surface area contributed by atoms with Gasteiger partial charge in [-0.15, -0.1) is 0 Å². The van der Waals surface area contributed by atoms with Gasteiger partial charge < -0.3 is 14.1 Å². The molecule has 0 spiro atoms. The third kappa shape index (κ3) is 2.71. The molecule has 0 bridgehead atoms. The largest absolute Gasteiger partial charge is 0.444 e. The molecule has 3 aromatic rings. The molecule has 1 atom stereocenters. The number of nitrogens with one attached hydrogen (secondary N) is 1. The van der Waals surface area contributed by atoms with Crippen LogP contribution in [0, 0.1) is 0 Å². The Labute approximate surface area is 121 Å². The van der Waals surface area contributed by atoms with Gasteiger partial charge in [0.25, 0.3) is 0 Å². The number of hydrogen-bond acceptors (Lipinski definition) is 3. The number of imidazole rings is 1. The van der Waals surface area contributed by atoms with Gasteiger partial charge in [0.2, 0.25) is 0 Å². The highest BCUT2D eigenvalue weighted by Crippen LogP contribution is 2.30. The third-order valence-corrected chi connectivity index (χ3v) is 3.50. The van der Waals surface area contributed by atoms with Crippen molar-refractivity contribution >= 4 is 22.6 Å². The van der Waals surface area contributed by atoms with Crippen LogP contribution in [0.25, 0.3) is 11.0 Å². The SMILES string of the molecule is CC(Cc1ncc[nH]1)OCc1c(Cl)oc2ccccc12. The predicted molar refractivity (Wildman–Crippen MR) is 77.8 cm³/mol. The minimum Gasteiger partial charge on any atom is -0.444 e. The Bertz CT molecular complexity index is 691. The van der Waals surface area contributed by atoms with Crippen LogP contribution in [0.4, 0.5) is 0 Å². The summed E-state index contributed by atoms with van der Waals surface area (Å²) in [4.78, 5) is 7.26. The van der Waals surface area contributed by atoms with Crippen LogP contribution in [0.15, 0.2) is 41.1 Å². The van der Waals surface area contributed by atoms with Crippen molar-refractivity contribution in [2.45, 2.75) is 26.1 Å². The van der Waals surface area contributed by atoms with Crippen molar-refractivity contribution in [1.82, 2.24) is 9.97 Å². The Morgan fingerprint density at radius 2 is 2.25 bits per heavy atom. The molecule has 1 unspecified atom stereocenters. The Morgan fingerprint density at radius 1 is 1.40 bits per heavy atom. The second kappa shape index (κ2) is 5.69. The van der Waals surface area contributed by atoms with E-state index < -0.39 is 0 Å². The van der Waals surface area contributed by atoms with Crippen molar-refractivity contribution < 1.29 is 9.15 Å². The van der Waals surface area contributed by atoms with Gasteiger partial charge in [-0.25, -0.2) is 4.98 Å². The zero-order valence-electron chi connectivity index (χ0n) is 11.1. The Hall–Kier alpha value is -1.78. The molecule has 4 nitrogen and oxygen atoms in total. The van der Waals surface area contributed by atoms with Crippen LogP contribution in [0.5, 0.6) is 0 Å². The lowest BCUT2D eigenvalue weighted by atomic mass is 10.2. The van der Waals surface area contributed by atoms with Crippen molar-refractivity contribution in [1.29, 1.82) is 0 Å². The first kappa shape index (κ1) is 13.2. The van der Waals surface area contributed by atoms with Gasteiger partial charge in [-0.05, 0) is 24.6 Å². The molecule has 0 aliphatic rings. The zero-order chi connectivity index (χ0) is 13.9. The van der Waals surface area contributed by atoms with Crippen molar-refractivity contribution in [3.05, 3.63) is 53.3 Å². The van der Waals surface area contributed by atoms with Gasteiger partial charge in [0.1, 0.15) is 11.4 Å². The van der Waals surface area contributed by atoms with Crippen molar-refractivity contribution in [3.63, 3.8) is 0 Å². The van der Waals surface area contributed by atoms with Gasteiger partial charge >= 0.3 is 0 Å². The highest BCUT2D eigenvalue weighted by atomic mass is 35.5. The number of ether oxygens (including phenoxy) is 1. The number of aromatic nitrogens is 2. The van der Waals surface area contributed by atoms with E-state index in [1.165, 1.54) is 0 Å². The van der Waals surface area contributed by atoms with Gasteiger partial charge in [-0.1, -0.05) is 18.2 Å². The van der Waals surface area contributed by atoms with Gasteiger partial charge in [-0.2, -0.15) is 0 Å². The number of hydrogen-bond donors (Lipinski definition) is 1. The second-order valence-electron chi connectivity index (χ2n) is 4.71. The molecule has 0 saturated carbocycles. The zero-order valence-corrected chi connectivity index (χ0v) is 11.9. The van der Waals surface area contributed by atoms with E-state index in [1.807, 2.05) is 37.4 Å². The standard InChI is InChI=1S/C15H15ClN2O2/c1-10(8-14-17-6-7-18-14)19-9-12-11-4-2-3-5-13(11)20-15(12)16/h2-7,10H,8-9H2,1H3,(H,17,18). The van der Waals surface area contributed by atoms with Crippen molar-refractivity contribution in [2.24, 2.45) is 0 Å². The fourth-order valence-corrected chi connectivity index (χ4v) is 2.41. The summed E-state index contributed by atoms with van der Waals surface area (Å²) in [6.07, 6.45) is 4.33. The number of fused-ring (bicyclic) bond motifs is 1. The molecule has 3 rings (SSSR count). The summed E-state index contributed by atoms with van der Waals surface area (Å²) >= 11 is 6.13. The lowest BCUT2D eigenvalue weighted by Gasteiger charge is -2.11. The molecular weight excluding hydrogens is 276 g/mol. The van der Waals surface area contributed by atoms with Crippen LogP contribution in [0.3, 0.4) is 0 Å². The number of H-pyrrole nitrogens is 1. The maximum Gasteiger partial charge on any atom is 0.200 e. The van der Waals surface area contributed by atoms with E-state index in [0.717, 1.165) is 28.8 Å². The molecule has 2 aromatic heterocycles. The van der Waals surface area contributed by atoms with Gasteiger partial charge in [0.05, 0.1) is 12.7 Å². The summed E-state index contributed by atoms with van der Waals surface area (Å²) in [6, 6.07) is 7.77. The Balaban J connectivity index is 1.69. The number of benzene rings is 1. The fourth-order valence-electron chi connectivity index (χ4n) is 2.17. The van der Waals surface area contributed by atoms with E-state index in [4.69, 9.17) is 20.8 Å². The molecule has 1 N–H and O–H groups in total. The molecule has 2 heterocycles. The maximum absolute atomic E-state index is 6.13. The highest BCUT2D eigenvalue weighted by Gasteiger charge is 2.14. The monoisotopic (exact) mass is 290 g/mol. The van der Waals surface area contributed by atoms with E-state index in [1.54, 1.807) is 6.20 Å². The predicted octanol–water partition coefficient (Wildman–Crippen LogP) is 3.96. The summed E-state index contributed by atoms with van der Waals surface area (Å²) in [5.41, 5.74) is 1.68. The minimum absolute atomic E-state index is 0.0471. The molecule has 0 radical (unpaired) electrons. The number of aromatic amines is 1. The number of para-hydroxylation sites is 1. The van der Waals surface area contributed by atoms with E-state index >= 15 is 0 Å². The highest BCUT2D eigenvalue weighted by molar-refractivity contribution is 6.30. The Kier molecular flexibility index (Phi) is 3.76. The maximum atomic E-state index is 6.13. The smallest absolute Gasteiger partial charge is 0.200 e. The average Bonchev–Trinajstić information content (AvgIpc) is 3.03. The second-order valence-corrected chi connectivity index (χ2v) is 5.06.